The molecule has 2 aromatic rings. The van der Waals surface area contributed by atoms with Gasteiger partial charge in [-0.25, -0.2) is 9.97 Å². The Hall–Kier alpha value is -1.83. The van der Waals surface area contributed by atoms with Crippen molar-refractivity contribution in [2.24, 2.45) is 0 Å². The summed E-state index contributed by atoms with van der Waals surface area (Å²) in [5.74, 6) is 1.94. The molecule has 150 valence electrons. The Bertz CT molecular complexity index is 706. The van der Waals surface area contributed by atoms with E-state index in [1.165, 1.54) is 0 Å². The van der Waals surface area contributed by atoms with Crippen LogP contribution in [0, 0.1) is 6.92 Å². The molecule has 7 nitrogen and oxygen atoms in total. The van der Waals surface area contributed by atoms with E-state index in [0.717, 1.165) is 31.7 Å². The molecule has 3 rings (SSSR count). The third-order valence-electron chi connectivity index (χ3n) is 4.46. The summed E-state index contributed by atoms with van der Waals surface area (Å²) in [4.78, 5) is 23.7. The molecule has 0 aliphatic carbocycles. The zero-order valence-electron chi connectivity index (χ0n) is 15.6. The number of nitrogens with zero attached hydrogens (tertiary/aromatic N) is 3. The van der Waals surface area contributed by atoms with Crippen LogP contribution in [-0.2, 0) is 6.54 Å². The van der Waals surface area contributed by atoms with Crippen molar-refractivity contribution in [3.63, 3.8) is 0 Å². The molecule has 2 aromatic heterocycles. The quantitative estimate of drug-likeness (QED) is 0.753. The highest BCUT2D eigenvalue weighted by atomic mass is 35.5. The normalized spacial score (nSPS) is 16.0. The SMILES string of the molecule is CCN(C(=O)c1cnc(C)nc1NCc1ccco1)C1CCCNC1.Cl.Cl. The Morgan fingerprint density at radius 3 is 2.89 bits per heavy atom. The standard InChI is InChI=1S/C18H25N5O2.2ClH/c1-3-23(14-6-4-8-19-10-14)18(24)16-12-20-13(2)22-17(16)21-11-15-7-5-9-25-15;;/h5,7,9,12,14,19H,3-4,6,8,10-11H2,1-2H3,(H,20,21,22);2*1H. The van der Waals surface area contributed by atoms with E-state index in [1.54, 1.807) is 12.5 Å². The minimum Gasteiger partial charge on any atom is -0.467 e. The summed E-state index contributed by atoms with van der Waals surface area (Å²) < 4.78 is 5.34. The van der Waals surface area contributed by atoms with E-state index in [9.17, 15) is 4.79 Å². The van der Waals surface area contributed by atoms with Crippen LogP contribution in [0.25, 0.3) is 0 Å². The molecule has 1 aliphatic heterocycles. The molecule has 1 atom stereocenters. The highest BCUT2D eigenvalue weighted by Crippen LogP contribution is 2.19. The largest absolute Gasteiger partial charge is 0.467 e. The van der Waals surface area contributed by atoms with Gasteiger partial charge in [-0.1, -0.05) is 0 Å². The molecular weight excluding hydrogens is 389 g/mol. The number of carbonyl (C=O) groups excluding carboxylic acids is 1. The molecule has 27 heavy (non-hydrogen) atoms. The third-order valence-corrected chi connectivity index (χ3v) is 4.46. The number of rotatable bonds is 6. The van der Waals surface area contributed by atoms with Crippen LogP contribution in [0.15, 0.2) is 29.0 Å². The van der Waals surface area contributed by atoms with Gasteiger partial charge < -0.3 is 20.0 Å². The molecule has 9 heteroatoms. The van der Waals surface area contributed by atoms with Gasteiger partial charge >= 0.3 is 0 Å². The van der Waals surface area contributed by atoms with Crippen LogP contribution in [0.3, 0.4) is 0 Å². The second-order valence-corrected chi connectivity index (χ2v) is 6.20. The zero-order chi connectivity index (χ0) is 17.6. The van der Waals surface area contributed by atoms with Crippen LogP contribution in [0.5, 0.6) is 0 Å². The monoisotopic (exact) mass is 415 g/mol. The average molecular weight is 416 g/mol. The molecule has 1 amide bonds. The van der Waals surface area contributed by atoms with E-state index in [0.29, 0.717) is 30.3 Å². The molecule has 2 N–H and O–H groups in total. The lowest BCUT2D eigenvalue weighted by atomic mass is 10.0. The molecule has 0 aromatic carbocycles. The van der Waals surface area contributed by atoms with Gasteiger partial charge in [0.05, 0.1) is 12.8 Å². The van der Waals surface area contributed by atoms with Crippen molar-refractivity contribution in [2.45, 2.75) is 39.3 Å². The van der Waals surface area contributed by atoms with Gasteiger partial charge in [-0.2, -0.15) is 0 Å². The number of anilines is 1. The lowest BCUT2D eigenvalue weighted by molar-refractivity contribution is 0.0662. The number of furan rings is 1. The third kappa shape index (κ3) is 5.82. The number of carbonyl (C=O) groups is 1. The Kier molecular flexibility index (Phi) is 9.55. The number of piperidine rings is 1. The lowest BCUT2D eigenvalue weighted by Crippen LogP contribution is -2.48. The lowest BCUT2D eigenvalue weighted by Gasteiger charge is -2.34. The summed E-state index contributed by atoms with van der Waals surface area (Å²) >= 11 is 0. The van der Waals surface area contributed by atoms with Crippen LogP contribution < -0.4 is 10.6 Å². The number of nitrogens with one attached hydrogen (secondary N) is 2. The molecule has 0 spiro atoms. The zero-order valence-corrected chi connectivity index (χ0v) is 17.2. The van der Waals surface area contributed by atoms with Crippen molar-refractivity contribution in [3.8, 4) is 0 Å². The Morgan fingerprint density at radius 2 is 2.26 bits per heavy atom. The average Bonchev–Trinajstić information content (AvgIpc) is 3.15. The minimum atomic E-state index is -0.0295. The van der Waals surface area contributed by atoms with Gasteiger partial charge in [-0.3, -0.25) is 4.79 Å². The number of aryl methyl sites for hydroxylation is 1. The number of amides is 1. The molecule has 3 heterocycles. The predicted octanol–water partition coefficient (Wildman–Crippen LogP) is 3.05. The fourth-order valence-corrected chi connectivity index (χ4v) is 3.17. The predicted molar refractivity (Wildman–Crippen MR) is 110 cm³/mol. The van der Waals surface area contributed by atoms with Crippen LogP contribution in [0.1, 0.15) is 41.7 Å². The molecule has 0 radical (unpaired) electrons. The maximum Gasteiger partial charge on any atom is 0.259 e. The molecule has 1 aliphatic rings. The molecule has 0 saturated carbocycles. The van der Waals surface area contributed by atoms with Crippen LogP contribution in [0.4, 0.5) is 5.82 Å². The first-order chi connectivity index (χ1) is 12.2. The topological polar surface area (TPSA) is 83.3 Å². The second-order valence-electron chi connectivity index (χ2n) is 6.20. The van der Waals surface area contributed by atoms with Gasteiger partial charge in [0.15, 0.2) is 0 Å². The van der Waals surface area contributed by atoms with Gasteiger partial charge in [0.2, 0.25) is 0 Å². The summed E-state index contributed by atoms with van der Waals surface area (Å²) in [5.41, 5.74) is 0.504. The highest BCUT2D eigenvalue weighted by Gasteiger charge is 2.27. The summed E-state index contributed by atoms with van der Waals surface area (Å²) in [5, 5.41) is 6.58. The van der Waals surface area contributed by atoms with E-state index in [-0.39, 0.29) is 36.8 Å². The summed E-state index contributed by atoms with van der Waals surface area (Å²) in [6.45, 7) is 6.82. The van der Waals surface area contributed by atoms with E-state index >= 15 is 0 Å². The van der Waals surface area contributed by atoms with Crippen LogP contribution in [-0.4, -0.2) is 46.5 Å². The van der Waals surface area contributed by atoms with Gasteiger partial charge in [0.25, 0.3) is 5.91 Å². The summed E-state index contributed by atoms with van der Waals surface area (Å²) in [6, 6.07) is 3.93. The van der Waals surface area contributed by atoms with Gasteiger partial charge in [-0.15, -0.1) is 24.8 Å². The number of likely N-dealkylation sites (N-methyl/N-ethyl adjacent to an activating group) is 1. The summed E-state index contributed by atoms with van der Waals surface area (Å²) in [6.07, 6.45) is 5.36. The van der Waals surface area contributed by atoms with Crippen molar-refractivity contribution >= 4 is 36.5 Å². The number of hydrogen-bond donors (Lipinski definition) is 2. The van der Waals surface area contributed by atoms with E-state index in [2.05, 4.69) is 20.6 Å². The van der Waals surface area contributed by atoms with E-state index < -0.39 is 0 Å². The van der Waals surface area contributed by atoms with Gasteiger partial charge in [0.1, 0.15) is 23.0 Å². The van der Waals surface area contributed by atoms with Crippen molar-refractivity contribution in [2.75, 3.05) is 25.0 Å². The van der Waals surface area contributed by atoms with Crippen molar-refractivity contribution in [1.82, 2.24) is 20.2 Å². The fraction of sp³-hybridized carbons (Fsp3) is 0.500. The first-order valence-corrected chi connectivity index (χ1v) is 8.80. The van der Waals surface area contributed by atoms with Crippen LogP contribution in [0.2, 0.25) is 0 Å². The maximum absolute atomic E-state index is 13.1. The molecular formula is C18H27Cl2N5O2. The minimum absolute atomic E-state index is 0. The maximum atomic E-state index is 13.1. The molecule has 1 unspecified atom stereocenters. The van der Waals surface area contributed by atoms with Gasteiger partial charge in [-0.05, 0) is 45.4 Å². The first-order valence-electron chi connectivity index (χ1n) is 8.80. The Labute approximate surface area is 172 Å². The fourth-order valence-electron chi connectivity index (χ4n) is 3.17. The van der Waals surface area contributed by atoms with E-state index in [1.807, 2.05) is 30.9 Å². The smallest absolute Gasteiger partial charge is 0.259 e. The van der Waals surface area contributed by atoms with Crippen LogP contribution >= 0.6 is 24.8 Å². The number of aromatic nitrogens is 2. The second kappa shape index (κ2) is 11.1. The van der Waals surface area contributed by atoms with Crippen molar-refractivity contribution in [1.29, 1.82) is 0 Å². The highest BCUT2D eigenvalue weighted by molar-refractivity contribution is 5.98. The first kappa shape index (κ1) is 23.2. The Balaban J connectivity index is 0.00000182. The van der Waals surface area contributed by atoms with Crippen molar-refractivity contribution < 1.29 is 9.21 Å². The summed E-state index contributed by atoms with van der Waals surface area (Å²) in [7, 11) is 0. The molecule has 0 bridgehead atoms. The number of halogens is 2. The molecule has 1 saturated heterocycles. The Morgan fingerprint density at radius 1 is 1.44 bits per heavy atom. The van der Waals surface area contributed by atoms with Gasteiger partial charge in [0, 0.05) is 25.3 Å². The van der Waals surface area contributed by atoms with E-state index in [4.69, 9.17) is 4.42 Å². The molecule has 1 fully saturated rings. The number of hydrogen-bond acceptors (Lipinski definition) is 6. The van der Waals surface area contributed by atoms with Crippen molar-refractivity contribution in [3.05, 3.63) is 41.7 Å².